The quantitative estimate of drug-likeness (QED) is 0.846. The van der Waals surface area contributed by atoms with Crippen molar-refractivity contribution in [2.24, 2.45) is 0 Å². The van der Waals surface area contributed by atoms with E-state index in [-0.39, 0.29) is 23.7 Å². The molecule has 0 aromatic carbocycles. The van der Waals surface area contributed by atoms with Crippen LogP contribution in [0, 0.1) is 0 Å². The van der Waals surface area contributed by atoms with Crippen molar-refractivity contribution < 1.29 is 9.90 Å². The van der Waals surface area contributed by atoms with Gasteiger partial charge in [0.25, 0.3) is 11.5 Å². The van der Waals surface area contributed by atoms with Crippen LogP contribution in [0.2, 0.25) is 0 Å². The Morgan fingerprint density at radius 1 is 1.48 bits per heavy atom. The molecule has 0 unspecified atom stereocenters. The fourth-order valence-corrected chi connectivity index (χ4v) is 2.54. The molecule has 1 fully saturated rings. The summed E-state index contributed by atoms with van der Waals surface area (Å²) in [6.45, 7) is 0.273. The van der Waals surface area contributed by atoms with Crippen LogP contribution in [-0.2, 0) is 0 Å². The van der Waals surface area contributed by atoms with E-state index in [1.54, 1.807) is 7.05 Å². The molecule has 0 spiro atoms. The van der Waals surface area contributed by atoms with Gasteiger partial charge in [0, 0.05) is 13.6 Å². The minimum Gasteiger partial charge on any atom is -0.388 e. The molecule has 0 bridgehead atoms. The summed E-state index contributed by atoms with van der Waals surface area (Å²) in [4.78, 5) is 36.0. The largest absolute Gasteiger partial charge is 0.388 e. The zero-order chi connectivity index (χ0) is 15.0. The van der Waals surface area contributed by atoms with E-state index >= 15 is 0 Å². The molecule has 2 N–H and O–H groups in total. The number of aromatic nitrogens is 3. The van der Waals surface area contributed by atoms with E-state index in [9.17, 15) is 14.7 Å². The lowest BCUT2D eigenvalue weighted by atomic mass is 9.80. The summed E-state index contributed by atoms with van der Waals surface area (Å²) >= 11 is 0. The first-order valence-corrected chi connectivity index (χ1v) is 6.80. The number of carbonyl (C=O) groups is 1. The molecule has 1 aliphatic carbocycles. The van der Waals surface area contributed by atoms with Gasteiger partial charge in [0.15, 0.2) is 0 Å². The monoisotopic (exact) mass is 288 g/mol. The lowest BCUT2D eigenvalue weighted by Gasteiger charge is -2.39. The maximum absolute atomic E-state index is 12.3. The standard InChI is InChI=1S/C14H16N4O3/c1-18(7-14(21)3-2-4-14)13(20)10-5-9-11(6-15-10)16-8-17-12(9)19/h5-6,8,21H,2-4,7H2,1H3,(H,16,17,19). The molecule has 2 aromatic heterocycles. The van der Waals surface area contributed by atoms with Gasteiger partial charge >= 0.3 is 0 Å². The van der Waals surface area contributed by atoms with Gasteiger partial charge in [0.1, 0.15) is 5.69 Å². The third-order valence-electron chi connectivity index (χ3n) is 3.91. The SMILES string of the molecule is CN(CC1(O)CCC1)C(=O)c1cc2c(=O)[nH]cnc2cn1. The molecule has 110 valence electrons. The van der Waals surface area contributed by atoms with Crippen molar-refractivity contribution in [1.82, 2.24) is 19.9 Å². The summed E-state index contributed by atoms with van der Waals surface area (Å²) in [7, 11) is 1.62. The van der Waals surface area contributed by atoms with Crippen molar-refractivity contribution in [1.29, 1.82) is 0 Å². The number of nitrogens with zero attached hydrogens (tertiary/aromatic N) is 3. The average molecular weight is 288 g/mol. The number of aliphatic hydroxyl groups is 1. The molecule has 0 saturated heterocycles. The van der Waals surface area contributed by atoms with Gasteiger partial charge in [-0.15, -0.1) is 0 Å². The highest BCUT2D eigenvalue weighted by molar-refractivity contribution is 5.95. The third kappa shape index (κ3) is 2.52. The number of likely N-dealkylation sites (N-methyl/N-ethyl adjacent to an activating group) is 1. The number of amides is 1. The Labute approximate surface area is 120 Å². The van der Waals surface area contributed by atoms with Crippen molar-refractivity contribution in [2.75, 3.05) is 13.6 Å². The normalized spacial score (nSPS) is 16.5. The highest BCUT2D eigenvalue weighted by Crippen LogP contribution is 2.32. The molecule has 0 radical (unpaired) electrons. The Hall–Kier alpha value is -2.28. The molecular weight excluding hydrogens is 272 g/mol. The molecule has 0 aliphatic heterocycles. The summed E-state index contributed by atoms with van der Waals surface area (Å²) in [5.41, 5.74) is -0.473. The Balaban J connectivity index is 1.87. The van der Waals surface area contributed by atoms with Gasteiger partial charge in [-0.05, 0) is 25.3 Å². The Bertz CT molecular complexity index is 751. The first-order valence-electron chi connectivity index (χ1n) is 6.80. The number of nitrogens with one attached hydrogen (secondary N) is 1. The second kappa shape index (κ2) is 4.92. The van der Waals surface area contributed by atoms with Gasteiger partial charge in [0.2, 0.25) is 0 Å². The van der Waals surface area contributed by atoms with Crippen molar-refractivity contribution in [3.63, 3.8) is 0 Å². The lowest BCUT2D eigenvalue weighted by Crippen LogP contribution is -2.48. The van der Waals surface area contributed by atoms with Crippen LogP contribution >= 0.6 is 0 Å². The lowest BCUT2D eigenvalue weighted by molar-refractivity contribution is -0.0499. The minimum atomic E-state index is -0.777. The topological polar surface area (TPSA) is 99.2 Å². The molecule has 7 heteroatoms. The first-order chi connectivity index (χ1) is 9.98. The van der Waals surface area contributed by atoms with Crippen molar-refractivity contribution in [3.8, 4) is 0 Å². The van der Waals surface area contributed by atoms with Crippen molar-refractivity contribution in [2.45, 2.75) is 24.9 Å². The number of aromatic amines is 1. The molecular formula is C14H16N4O3. The van der Waals surface area contributed by atoms with E-state index in [1.165, 1.54) is 23.5 Å². The van der Waals surface area contributed by atoms with Crippen molar-refractivity contribution >= 4 is 16.8 Å². The fraction of sp³-hybridized carbons (Fsp3) is 0.429. The number of hydrogen-bond acceptors (Lipinski definition) is 5. The first kappa shape index (κ1) is 13.7. The van der Waals surface area contributed by atoms with E-state index in [0.29, 0.717) is 23.7 Å². The molecule has 1 aliphatic rings. The fourth-order valence-electron chi connectivity index (χ4n) is 2.54. The molecule has 7 nitrogen and oxygen atoms in total. The summed E-state index contributed by atoms with van der Waals surface area (Å²) in [5.74, 6) is -0.319. The van der Waals surface area contributed by atoms with E-state index in [1.807, 2.05) is 0 Å². The molecule has 1 saturated carbocycles. The number of H-pyrrole nitrogens is 1. The van der Waals surface area contributed by atoms with Gasteiger partial charge in [-0.1, -0.05) is 0 Å². The predicted molar refractivity (Wildman–Crippen MR) is 75.9 cm³/mol. The number of rotatable bonds is 3. The van der Waals surface area contributed by atoms with E-state index in [0.717, 1.165) is 6.42 Å². The van der Waals surface area contributed by atoms with Crippen LogP contribution in [0.4, 0.5) is 0 Å². The minimum absolute atomic E-state index is 0.173. The number of fused-ring (bicyclic) bond motifs is 1. The van der Waals surface area contributed by atoms with Gasteiger partial charge in [-0.2, -0.15) is 0 Å². The summed E-state index contributed by atoms with van der Waals surface area (Å²) in [5, 5.41) is 10.4. The van der Waals surface area contributed by atoms with Crippen LogP contribution in [0.3, 0.4) is 0 Å². The molecule has 21 heavy (non-hydrogen) atoms. The Kier molecular flexibility index (Phi) is 3.21. The highest BCUT2D eigenvalue weighted by Gasteiger charge is 2.36. The predicted octanol–water partition coefficient (Wildman–Crippen LogP) is 0.305. The van der Waals surface area contributed by atoms with Crippen LogP contribution in [0.15, 0.2) is 23.4 Å². The third-order valence-corrected chi connectivity index (χ3v) is 3.91. The summed E-state index contributed by atoms with van der Waals surface area (Å²) in [6.07, 6.45) is 5.10. The van der Waals surface area contributed by atoms with Crippen LogP contribution in [0.5, 0.6) is 0 Å². The summed E-state index contributed by atoms with van der Waals surface area (Å²) < 4.78 is 0. The molecule has 2 aromatic rings. The number of hydrogen-bond donors (Lipinski definition) is 2. The molecule has 3 rings (SSSR count). The van der Waals surface area contributed by atoms with Crippen molar-refractivity contribution in [3.05, 3.63) is 34.6 Å². The van der Waals surface area contributed by atoms with Gasteiger partial charge in [0.05, 0.1) is 29.0 Å². The number of pyridine rings is 1. The van der Waals surface area contributed by atoms with E-state index < -0.39 is 5.60 Å². The number of carbonyl (C=O) groups excluding carboxylic acids is 1. The second-order valence-electron chi connectivity index (χ2n) is 5.56. The maximum Gasteiger partial charge on any atom is 0.272 e. The molecule has 2 heterocycles. The molecule has 1 amide bonds. The highest BCUT2D eigenvalue weighted by atomic mass is 16.3. The zero-order valence-corrected chi connectivity index (χ0v) is 11.7. The van der Waals surface area contributed by atoms with E-state index in [2.05, 4.69) is 15.0 Å². The van der Waals surface area contributed by atoms with Gasteiger partial charge in [-0.3, -0.25) is 9.59 Å². The van der Waals surface area contributed by atoms with Crippen LogP contribution in [-0.4, -0.2) is 50.1 Å². The smallest absolute Gasteiger partial charge is 0.272 e. The van der Waals surface area contributed by atoms with Crippen LogP contribution in [0.25, 0.3) is 10.9 Å². The molecule has 0 atom stereocenters. The second-order valence-corrected chi connectivity index (χ2v) is 5.56. The van der Waals surface area contributed by atoms with Crippen LogP contribution < -0.4 is 5.56 Å². The summed E-state index contributed by atoms with van der Waals surface area (Å²) in [6, 6.07) is 1.44. The van der Waals surface area contributed by atoms with Gasteiger partial charge < -0.3 is 15.0 Å². The average Bonchev–Trinajstić information content (AvgIpc) is 2.45. The Morgan fingerprint density at radius 2 is 2.24 bits per heavy atom. The maximum atomic E-state index is 12.3. The van der Waals surface area contributed by atoms with Gasteiger partial charge in [-0.25, -0.2) is 9.97 Å². The van der Waals surface area contributed by atoms with Crippen LogP contribution in [0.1, 0.15) is 29.8 Å². The zero-order valence-electron chi connectivity index (χ0n) is 11.7. The van der Waals surface area contributed by atoms with E-state index in [4.69, 9.17) is 0 Å². The Morgan fingerprint density at radius 3 is 2.90 bits per heavy atom.